The monoisotopic (exact) mass is 401 g/mol. The number of benzene rings is 2. The Kier molecular flexibility index (Phi) is 4.87. The summed E-state index contributed by atoms with van der Waals surface area (Å²) >= 11 is 0. The Morgan fingerprint density at radius 1 is 1.17 bits per heavy atom. The molecule has 0 fully saturated rings. The number of methoxy groups -OCH3 is 1. The topological polar surface area (TPSA) is 56.1 Å². The van der Waals surface area contributed by atoms with Crippen molar-refractivity contribution in [3.8, 4) is 5.75 Å². The largest absolute Gasteiger partial charge is 0.497 e. The number of rotatable bonds is 4. The van der Waals surface area contributed by atoms with Gasteiger partial charge in [-0.05, 0) is 34.9 Å². The molecule has 1 aliphatic rings. The molecule has 3 aromatic rings. The van der Waals surface area contributed by atoms with Crippen LogP contribution in [0.1, 0.15) is 34.0 Å². The summed E-state index contributed by atoms with van der Waals surface area (Å²) in [6.45, 7) is 0.454. The van der Waals surface area contributed by atoms with E-state index in [1.54, 1.807) is 24.3 Å². The second-order valence-corrected chi connectivity index (χ2v) is 6.80. The number of hydrogen-bond donors (Lipinski definition) is 1. The Labute approximate surface area is 164 Å². The highest BCUT2D eigenvalue weighted by molar-refractivity contribution is 5.39. The van der Waals surface area contributed by atoms with E-state index in [1.807, 2.05) is 24.3 Å². The van der Waals surface area contributed by atoms with Crippen LogP contribution in [0.4, 0.5) is 13.2 Å². The first-order valence-corrected chi connectivity index (χ1v) is 9.00. The number of nitrogens with zero attached hydrogens (tertiary/aromatic N) is 2. The molecule has 0 radical (unpaired) electrons. The van der Waals surface area contributed by atoms with E-state index in [9.17, 15) is 18.0 Å². The number of aromatic nitrogens is 2. The van der Waals surface area contributed by atoms with Gasteiger partial charge in [-0.3, -0.25) is 4.79 Å². The average molecular weight is 401 g/mol. The van der Waals surface area contributed by atoms with Gasteiger partial charge >= 0.3 is 6.18 Å². The molecule has 1 N–H and O–H groups in total. The molecule has 8 heteroatoms. The molecule has 0 amide bonds. The first kappa shape index (κ1) is 19.2. The van der Waals surface area contributed by atoms with Crippen molar-refractivity contribution >= 4 is 0 Å². The van der Waals surface area contributed by atoms with E-state index in [-0.39, 0.29) is 12.2 Å². The highest BCUT2D eigenvalue weighted by Gasteiger charge is 2.37. The molecule has 29 heavy (non-hydrogen) atoms. The van der Waals surface area contributed by atoms with Crippen molar-refractivity contribution in [2.24, 2.45) is 0 Å². The summed E-state index contributed by atoms with van der Waals surface area (Å²) in [5.74, 6) is 0.616. The van der Waals surface area contributed by atoms with Crippen molar-refractivity contribution in [2.45, 2.75) is 25.3 Å². The highest BCUT2D eigenvalue weighted by Crippen LogP contribution is 2.32. The van der Waals surface area contributed by atoms with Crippen LogP contribution >= 0.6 is 0 Å². The minimum atomic E-state index is -4.77. The molecule has 2 aromatic carbocycles. The van der Waals surface area contributed by atoms with Crippen LogP contribution in [0.5, 0.6) is 5.75 Å². The molecule has 1 unspecified atom stereocenters. The Morgan fingerprint density at radius 2 is 1.90 bits per heavy atom. The second-order valence-electron chi connectivity index (χ2n) is 6.80. The Morgan fingerprint density at radius 3 is 2.59 bits per heavy atom. The number of fused-ring (bicyclic) bond motifs is 1. The smallest absolute Gasteiger partial charge is 0.421 e. The van der Waals surface area contributed by atoms with E-state index in [0.29, 0.717) is 17.9 Å². The van der Waals surface area contributed by atoms with Gasteiger partial charge in [0.2, 0.25) is 0 Å². The fourth-order valence-electron chi connectivity index (χ4n) is 3.48. The van der Waals surface area contributed by atoms with Gasteiger partial charge in [0.1, 0.15) is 11.3 Å². The van der Waals surface area contributed by atoms with Gasteiger partial charge in [0.15, 0.2) is 0 Å². The number of nitrogens with one attached hydrogen (secondary N) is 1. The fraction of sp³-hybridized carbons (Fsp3) is 0.238. The quantitative estimate of drug-likeness (QED) is 0.727. The molecule has 4 rings (SSSR count). The van der Waals surface area contributed by atoms with Gasteiger partial charge in [0, 0.05) is 6.54 Å². The van der Waals surface area contributed by atoms with Gasteiger partial charge in [-0.15, -0.1) is 0 Å². The molecule has 0 saturated carbocycles. The number of hydrogen-bond acceptors (Lipinski definition) is 4. The molecule has 1 aliphatic heterocycles. The van der Waals surface area contributed by atoms with E-state index >= 15 is 0 Å². The molecule has 0 spiro atoms. The van der Waals surface area contributed by atoms with Gasteiger partial charge in [-0.1, -0.05) is 36.4 Å². The lowest BCUT2D eigenvalue weighted by Gasteiger charge is -2.17. The van der Waals surface area contributed by atoms with Crippen molar-refractivity contribution in [1.29, 1.82) is 0 Å². The summed E-state index contributed by atoms with van der Waals surface area (Å²) in [7, 11) is 1.52. The Balaban J connectivity index is 1.79. The highest BCUT2D eigenvalue weighted by atomic mass is 19.4. The van der Waals surface area contributed by atoms with Crippen molar-refractivity contribution < 1.29 is 17.9 Å². The average Bonchev–Trinajstić information content (AvgIpc) is 3.13. The number of ether oxygens (including phenoxy) is 1. The second kappa shape index (κ2) is 7.36. The summed E-state index contributed by atoms with van der Waals surface area (Å²) in [6, 6.07) is 14.6. The molecule has 0 bridgehead atoms. The van der Waals surface area contributed by atoms with Crippen LogP contribution < -0.4 is 15.6 Å². The van der Waals surface area contributed by atoms with E-state index in [0.717, 1.165) is 21.9 Å². The summed E-state index contributed by atoms with van der Waals surface area (Å²) in [6.07, 6.45) is -4.77. The third-order valence-corrected chi connectivity index (χ3v) is 4.95. The van der Waals surface area contributed by atoms with Crippen molar-refractivity contribution in [2.75, 3.05) is 7.11 Å². The summed E-state index contributed by atoms with van der Waals surface area (Å²) in [4.78, 5) is 12.5. The maximum Gasteiger partial charge on any atom is 0.421 e. The Hall–Kier alpha value is -3.13. The SMILES string of the molecule is COc1ccc(Cn2nc(C3NCc4ccccc43)cc(C(F)(F)F)c2=O)cc1. The number of halogens is 3. The van der Waals surface area contributed by atoms with Crippen LogP contribution in [0.15, 0.2) is 59.4 Å². The lowest BCUT2D eigenvalue weighted by Crippen LogP contribution is -2.33. The fourth-order valence-corrected chi connectivity index (χ4v) is 3.48. The van der Waals surface area contributed by atoms with Crippen molar-refractivity contribution in [3.05, 3.63) is 92.9 Å². The normalized spacial score (nSPS) is 15.9. The molecule has 1 atom stereocenters. The van der Waals surface area contributed by atoms with Gasteiger partial charge in [-0.2, -0.15) is 18.3 Å². The van der Waals surface area contributed by atoms with Gasteiger partial charge in [0.05, 0.1) is 25.4 Å². The third-order valence-electron chi connectivity index (χ3n) is 4.95. The summed E-state index contributed by atoms with van der Waals surface area (Å²) in [5, 5.41) is 7.46. The zero-order valence-corrected chi connectivity index (χ0v) is 15.5. The van der Waals surface area contributed by atoms with Gasteiger partial charge < -0.3 is 10.1 Å². The van der Waals surface area contributed by atoms with Crippen LogP contribution in [0, 0.1) is 0 Å². The molecule has 150 valence electrons. The van der Waals surface area contributed by atoms with E-state index in [1.165, 1.54) is 7.11 Å². The minimum Gasteiger partial charge on any atom is -0.497 e. The zero-order valence-electron chi connectivity index (χ0n) is 15.5. The molecule has 5 nitrogen and oxygen atoms in total. The lowest BCUT2D eigenvalue weighted by molar-refractivity contribution is -0.139. The van der Waals surface area contributed by atoms with Crippen LogP contribution in [0.3, 0.4) is 0 Å². The molecular weight excluding hydrogens is 383 g/mol. The Bertz CT molecular complexity index is 1090. The molecule has 1 aromatic heterocycles. The predicted molar refractivity (Wildman–Crippen MR) is 101 cm³/mol. The first-order valence-electron chi connectivity index (χ1n) is 9.00. The molecule has 0 aliphatic carbocycles. The van der Waals surface area contributed by atoms with E-state index in [4.69, 9.17) is 4.74 Å². The van der Waals surface area contributed by atoms with Crippen molar-refractivity contribution in [1.82, 2.24) is 15.1 Å². The lowest BCUT2D eigenvalue weighted by atomic mass is 10.0. The first-order chi connectivity index (χ1) is 13.9. The molecule has 2 heterocycles. The van der Waals surface area contributed by atoms with E-state index < -0.39 is 23.3 Å². The third kappa shape index (κ3) is 3.75. The van der Waals surface area contributed by atoms with Crippen LogP contribution in [0.2, 0.25) is 0 Å². The predicted octanol–water partition coefficient (Wildman–Crippen LogP) is 3.51. The van der Waals surface area contributed by atoms with Crippen LogP contribution in [-0.2, 0) is 19.3 Å². The number of alkyl halides is 3. The minimum absolute atomic E-state index is 0.0753. The van der Waals surface area contributed by atoms with Crippen molar-refractivity contribution in [3.63, 3.8) is 0 Å². The van der Waals surface area contributed by atoms with Crippen LogP contribution in [-0.4, -0.2) is 16.9 Å². The van der Waals surface area contributed by atoms with Gasteiger partial charge in [0.25, 0.3) is 5.56 Å². The maximum atomic E-state index is 13.6. The standard InChI is InChI=1S/C21H18F3N3O2/c1-29-15-8-6-13(7-9-15)12-27-20(28)17(21(22,23)24)10-18(26-27)19-16-5-3-2-4-14(16)11-25-19/h2-10,19,25H,11-12H2,1H3. The van der Waals surface area contributed by atoms with E-state index in [2.05, 4.69) is 10.4 Å². The van der Waals surface area contributed by atoms with Crippen LogP contribution in [0.25, 0.3) is 0 Å². The summed E-state index contributed by atoms with van der Waals surface area (Å²) < 4.78 is 46.6. The maximum absolute atomic E-state index is 13.6. The van der Waals surface area contributed by atoms with Gasteiger partial charge in [-0.25, -0.2) is 4.68 Å². The molecule has 0 saturated heterocycles. The molecular formula is C21H18F3N3O2. The summed E-state index contributed by atoms with van der Waals surface area (Å²) in [5.41, 5.74) is 0.287. The zero-order chi connectivity index (χ0) is 20.6.